The summed E-state index contributed by atoms with van der Waals surface area (Å²) in [5.41, 5.74) is 5.31. The van der Waals surface area contributed by atoms with E-state index in [-0.39, 0.29) is 30.4 Å². The van der Waals surface area contributed by atoms with Crippen molar-refractivity contribution in [2.45, 2.75) is 63.8 Å². The molecule has 0 aromatic carbocycles. The van der Waals surface area contributed by atoms with Crippen molar-refractivity contribution < 1.29 is 19.4 Å². The summed E-state index contributed by atoms with van der Waals surface area (Å²) in [4.78, 5) is 26.1. The molecule has 3 N–H and O–H groups in total. The topological polar surface area (TPSA) is 92.9 Å². The number of carbonyl (C=O) groups excluding carboxylic acids is 2. The number of amides is 1. The highest BCUT2D eigenvalue weighted by Gasteiger charge is 2.49. The Hall–Kier alpha value is -1.14. The predicted molar refractivity (Wildman–Crippen MR) is 72.7 cm³/mol. The van der Waals surface area contributed by atoms with Gasteiger partial charge in [-0.25, -0.2) is 4.79 Å². The van der Waals surface area contributed by atoms with Crippen LogP contribution in [0.5, 0.6) is 0 Å². The number of carbonyl (C=O) groups is 2. The monoisotopic (exact) mass is 284 g/mol. The fourth-order valence-corrected chi connectivity index (χ4v) is 3.11. The highest BCUT2D eigenvalue weighted by atomic mass is 16.6. The third-order valence-electron chi connectivity index (χ3n) is 4.04. The molecule has 0 aromatic rings. The molecule has 0 aromatic heterocycles. The maximum absolute atomic E-state index is 12.3. The Morgan fingerprint density at radius 3 is 2.65 bits per heavy atom. The first-order chi connectivity index (χ1) is 9.24. The molecule has 0 radical (unpaired) electrons. The van der Waals surface area contributed by atoms with Gasteiger partial charge in [-0.3, -0.25) is 4.79 Å². The van der Waals surface area contributed by atoms with Crippen LogP contribution in [0, 0.1) is 5.92 Å². The Labute approximate surface area is 119 Å². The van der Waals surface area contributed by atoms with Crippen molar-refractivity contribution in [3.8, 4) is 0 Å². The first-order valence-electron chi connectivity index (χ1n) is 7.16. The van der Waals surface area contributed by atoms with Gasteiger partial charge in [-0.2, -0.15) is 0 Å². The summed E-state index contributed by atoms with van der Waals surface area (Å²) in [5.74, 6) is -0.808. The molecule has 20 heavy (non-hydrogen) atoms. The minimum absolute atomic E-state index is 0.00281. The molecule has 2 heterocycles. The van der Waals surface area contributed by atoms with Crippen molar-refractivity contribution in [1.29, 1.82) is 0 Å². The minimum atomic E-state index is -0.723. The van der Waals surface area contributed by atoms with Crippen molar-refractivity contribution in [2.24, 2.45) is 11.7 Å². The number of aliphatic hydroxyl groups is 1. The molecule has 6 heteroatoms. The van der Waals surface area contributed by atoms with Crippen LogP contribution < -0.4 is 5.73 Å². The molecule has 4 atom stereocenters. The molecule has 0 aliphatic carbocycles. The molecule has 2 rings (SSSR count). The summed E-state index contributed by atoms with van der Waals surface area (Å²) < 4.78 is 5.38. The largest absolute Gasteiger partial charge is 0.458 e. The molecule has 1 unspecified atom stereocenters. The number of aliphatic hydroxyl groups excluding tert-OH is 1. The third kappa shape index (κ3) is 2.81. The normalized spacial score (nSPS) is 34.0. The second-order valence-corrected chi connectivity index (χ2v) is 6.73. The zero-order valence-corrected chi connectivity index (χ0v) is 12.3. The molecular weight excluding hydrogens is 260 g/mol. The number of nitrogens with zero attached hydrogens (tertiary/aromatic N) is 1. The van der Waals surface area contributed by atoms with Crippen LogP contribution >= 0.6 is 0 Å². The van der Waals surface area contributed by atoms with Crippen molar-refractivity contribution in [2.75, 3.05) is 6.61 Å². The fourth-order valence-electron chi connectivity index (χ4n) is 3.11. The minimum Gasteiger partial charge on any atom is -0.458 e. The summed E-state index contributed by atoms with van der Waals surface area (Å²) in [6.07, 6.45) is 2.03. The zero-order valence-electron chi connectivity index (χ0n) is 12.3. The summed E-state index contributed by atoms with van der Waals surface area (Å²) in [7, 11) is 0. The molecule has 0 saturated carbocycles. The van der Waals surface area contributed by atoms with Crippen LogP contribution in [0.3, 0.4) is 0 Å². The lowest BCUT2D eigenvalue weighted by atomic mass is 9.87. The van der Waals surface area contributed by atoms with Crippen LogP contribution in [-0.4, -0.2) is 52.2 Å². The fraction of sp³-hybridized carbons (Fsp3) is 0.857. The Morgan fingerprint density at radius 1 is 1.45 bits per heavy atom. The Kier molecular flexibility index (Phi) is 4.07. The van der Waals surface area contributed by atoms with Gasteiger partial charge in [-0.15, -0.1) is 0 Å². The Morgan fingerprint density at radius 2 is 2.10 bits per heavy atom. The lowest BCUT2D eigenvalue weighted by Gasteiger charge is -2.40. The molecule has 2 aliphatic rings. The van der Waals surface area contributed by atoms with E-state index in [1.165, 1.54) is 0 Å². The van der Waals surface area contributed by atoms with Gasteiger partial charge < -0.3 is 20.5 Å². The molecule has 2 fully saturated rings. The van der Waals surface area contributed by atoms with E-state index in [0.29, 0.717) is 12.8 Å². The van der Waals surface area contributed by atoms with Gasteiger partial charge in [0.2, 0.25) is 5.91 Å². The van der Waals surface area contributed by atoms with E-state index in [1.54, 1.807) is 4.90 Å². The third-order valence-corrected chi connectivity index (χ3v) is 4.04. The highest BCUT2D eigenvalue weighted by Crippen LogP contribution is 2.35. The average Bonchev–Trinajstić information content (AvgIpc) is 2.75. The van der Waals surface area contributed by atoms with Gasteiger partial charge in [0, 0.05) is 18.6 Å². The maximum Gasteiger partial charge on any atom is 0.329 e. The van der Waals surface area contributed by atoms with E-state index in [9.17, 15) is 14.7 Å². The lowest BCUT2D eigenvalue weighted by molar-refractivity contribution is -0.166. The average molecular weight is 284 g/mol. The van der Waals surface area contributed by atoms with Gasteiger partial charge in [0.25, 0.3) is 0 Å². The SMILES string of the molecule is CC(C)(C)OC(=O)[C@@H]1CCC2C[C@@H](CO)[C@@H](N)C(=O)N21. The van der Waals surface area contributed by atoms with Crippen LogP contribution in [0.1, 0.15) is 40.0 Å². The lowest BCUT2D eigenvalue weighted by Crippen LogP contribution is -2.59. The van der Waals surface area contributed by atoms with Gasteiger partial charge in [0.1, 0.15) is 11.6 Å². The van der Waals surface area contributed by atoms with Gasteiger partial charge in [-0.1, -0.05) is 0 Å². The van der Waals surface area contributed by atoms with E-state index >= 15 is 0 Å². The second kappa shape index (κ2) is 5.33. The quantitative estimate of drug-likeness (QED) is 0.698. The molecule has 0 spiro atoms. The van der Waals surface area contributed by atoms with Crippen LogP contribution in [0.25, 0.3) is 0 Å². The number of ether oxygens (including phenoxy) is 1. The molecule has 6 nitrogen and oxygen atoms in total. The molecule has 2 aliphatic heterocycles. The second-order valence-electron chi connectivity index (χ2n) is 6.73. The summed E-state index contributed by atoms with van der Waals surface area (Å²) in [6.45, 7) is 5.34. The van der Waals surface area contributed by atoms with E-state index in [4.69, 9.17) is 10.5 Å². The Balaban J connectivity index is 2.12. The first kappa shape index (κ1) is 15.3. The van der Waals surface area contributed by atoms with Gasteiger partial charge >= 0.3 is 5.97 Å². The van der Waals surface area contributed by atoms with Gasteiger partial charge in [0.15, 0.2) is 0 Å². The maximum atomic E-state index is 12.3. The molecule has 0 bridgehead atoms. The number of esters is 1. The van der Waals surface area contributed by atoms with E-state index in [0.717, 1.165) is 6.42 Å². The van der Waals surface area contributed by atoms with Crippen LogP contribution in [-0.2, 0) is 14.3 Å². The number of piperidine rings is 1. The number of hydrogen-bond acceptors (Lipinski definition) is 5. The van der Waals surface area contributed by atoms with E-state index < -0.39 is 17.7 Å². The smallest absolute Gasteiger partial charge is 0.329 e. The van der Waals surface area contributed by atoms with Crippen molar-refractivity contribution in [3.05, 3.63) is 0 Å². The Bertz CT molecular complexity index is 404. The zero-order chi connectivity index (χ0) is 15.1. The van der Waals surface area contributed by atoms with Crippen LogP contribution in [0.2, 0.25) is 0 Å². The predicted octanol–water partition coefficient (Wildman–Crippen LogP) is 0.0272. The number of rotatable bonds is 2. The van der Waals surface area contributed by atoms with Crippen molar-refractivity contribution in [3.63, 3.8) is 0 Å². The van der Waals surface area contributed by atoms with Crippen molar-refractivity contribution in [1.82, 2.24) is 4.90 Å². The standard InChI is InChI=1S/C14H24N2O4/c1-14(2,3)20-13(19)10-5-4-9-6-8(7-17)11(15)12(18)16(9)10/h8-11,17H,4-7,15H2,1-3H3/t8-,9?,10-,11+/m0/s1. The number of fused-ring (bicyclic) bond motifs is 1. The van der Waals surface area contributed by atoms with E-state index in [2.05, 4.69) is 0 Å². The highest BCUT2D eigenvalue weighted by molar-refractivity contribution is 5.89. The molecule has 114 valence electrons. The summed E-state index contributed by atoms with van der Waals surface area (Å²) in [5, 5.41) is 9.28. The molecular formula is C14H24N2O4. The summed E-state index contributed by atoms with van der Waals surface area (Å²) >= 11 is 0. The molecule has 2 saturated heterocycles. The molecule has 1 amide bonds. The van der Waals surface area contributed by atoms with Crippen LogP contribution in [0.4, 0.5) is 0 Å². The number of nitrogens with two attached hydrogens (primary N) is 1. The van der Waals surface area contributed by atoms with Crippen LogP contribution in [0.15, 0.2) is 0 Å². The summed E-state index contributed by atoms with van der Waals surface area (Å²) in [6, 6.07) is -1.26. The van der Waals surface area contributed by atoms with Gasteiger partial charge in [-0.05, 0) is 40.0 Å². The van der Waals surface area contributed by atoms with E-state index in [1.807, 2.05) is 20.8 Å². The van der Waals surface area contributed by atoms with Gasteiger partial charge in [0.05, 0.1) is 6.04 Å². The first-order valence-corrected chi connectivity index (χ1v) is 7.16. The van der Waals surface area contributed by atoms with Crippen molar-refractivity contribution >= 4 is 11.9 Å². The number of hydrogen-bond donors (Lipinski definition) is 2.